The first-order chi connectivity index (χ1) is 16.0. The summed E-state index contributed by atoms with van der Waals surface area (Å²) in [6.07, 6.45) is 1.11. The summed E-state index contributed by atoms with van der Waals surface area (Å²) in [5.74, 6) is -0.198. The van der Waals surface area contributed by atoms with Gasteiger partial charge in [0.2, 0.25) is 5.91 Å². The number of fused-ring (bicyclic) bond motifs is 5. The molecule has 0 unspecified atom stereocenters. The molecule has 3 heterocycles. The molecule has 1 fully saturated rings. The predicted octanol–water partition coefficient (Wildman–Crippen LogP) is 2.11. The Morgan fingerprint density at radius 3 is 2.67 bits per heavy atom. The second kappa shape index (κ2) is 8.40. The molecule has 9 heteroatoms. The Balaban J connectivity index is 1.53. The number of hydrogen-bond donors (Lipinski definition) is 1. The van der Waals surface area contributed by atoms with E-state index in [1.165, 1.54) is 19.1 Å². The van der Waals surface area contributed by atoms with Crippen molar-refractivity contribution in [1.82, 2.24) is 10.2 Å². The van der Waals surface area contributed by atoms with Gasteiger partial charge in [-0.2, -0.15) is 0 Å². The van der Waals surface area contributed by atoms with E-state index in [1.54, 1.807) is 41.3 Å². The lowest BCUT2D eigenvalue weighted by Crippen LogP contribution is -2.51. The van der Waals surface area contributed by atoms with Crippen LogP contribution in [0, 0.1) is 0 Å². The van der Waals surface area contributed by atoms with Gasteiger partial charge >= 0.3 is 0 Å². The molecule has 5 rings (SSSR count). The van der Waals surface area contributed by atoms with Crippen LogP contribution >= 0.6 is 0 Å². The first-order valence-corrected chi connectivity index (χ1v) is 10.9. The molecule has 0 saturated carbocycles. The van der Waals surface area contributed by atoms with E-state index in [-0.39, 0.29) is 30.4 Å². The third kappa shape index (κ3) is 3.39. The van der Waals surface area contributed by atoms with Crippen molar-refractivity contribution in [2.45, 2.75) is 25.1 Å². The lowest BCUT2D eigenvalue weighted by atomic mass is 10.0. The van der Waals surface area contributed by atoms with Gasteiger partial charge in [0.15, 0.2) is 11.5 Å². The highest BCUT2D eigenvalue weighted by atomic mass is 16.5. The number of nitrogens with zero attached hydrogens (tertiary/aromatic N) is 2. The fourth-order valence-corrected chi connectivity index (χ4v) is 4.83. The van der Waals surface area contributed by atoms with Crippen LogP contribution in [0.5, 0.6) is 11.5 Å². The van der Waals surface area contributed by atoms with E-state index >= 15 is 0 Å². The molecule has 2 aromatic rings. The summed E-state index contributed by atoms with van der Waals surface area (Å²) in [5.41, 5.74) is 1.79. The predicted molar refractivity (Wildman–Crippen MR) is 119 cm³/mol. The maximum Gasteiger partial charge on any atom is 0.264 e. The SMILES string of the molecule is COc1ccc2c(c1OC)C(=O)N1c3ccccc3C(=O)N(CC(=O)NC[C@H]3CCCO3)[C@H]21. The maximum absolute atomic E-state index is 13.6. The molecule has 33 heavy (non-hydrogen) atoms. The van der Waals surface area contributed by atoms with Gasteiger partial charge in [0, 0.05) is 18.7 Å². The van der Waals surface area contributed by atoms with E-state index in [4.69, 9.17) is 14.2 Å². The first kappa shape index (κ1) is 21.3. The molecule has 3 aliphatic rings. The molecule has 172 valence electrons. The smallest absolute Gasteiger partial charge is 0.264 e. The second-order valence-electron chi connectivity index (χ2n) is 8.20. The summed E-state index contributed by atoms with van der Waals surface area (Å²) >= 11 is 0. The number of ether oxygens (including phenoxy) is 3. The third-order valence-electron chi connectivity index (χ3n) is 6.35. The van der Waals surface area contributed by atoms with Crippen molar-refractivity contribution < 1.29 is 28.6 Å². The van der Waals surface area contributed by atoms with Crippen LogP contribution in [0.4, 0.5) is 5.69 Å². The van der Waals surface area contributed by atoms with Crippen molar-refractivity contribution in [2.24, 2.45) is 0 Å². The first-order valence-electron chi connectivity index (χ1n) is 10.9. The van der Waals surface area contributed by atoms with Crippen LogP contribution in [-0.2, 0) is 9.53 Å². The van der Waals surface area contributed by atoms with Gasteiger partial charge in [-0.15, -0.1) is 0 Å². The molecule has 3 amide bonds. The highest BCUT2D eigenvalue weighted by Gasteiger charge is 2.50. The highest BCUT2D eigenvalue weighted by molar-refractivity contribution is 6.18. The number of para-hydroxylation sites is 1. The molecule has 0 aromatic heterocycles. The van der Waals surface area contributed by atoms with Gasteiger partial charge in [0.25, 0.3) is 11.8 Å². The number of carbonyl (C=O) groups excluding carboxylic acids is 3. The highest BCUT2D eigenvalue weighted by Crippen LogP contribution is 2.49. The molecular weight excluding hydrogens is 426 g/mol. The van der Waals surface area contributed by atoms with Crippen LogP contribution in [0.2, 0.25) is 0 Å². The summed E-state index contributed by atoms with van der Waals surface area (Å²) in [5, 5.41) is 2.87. The Bertz CT molecular complexity index is 1130. The van der Waals surface area contributed by atoms with Gasteiger partial charge in [-0.1, -0.05) is 18.2 Å². The molecule has 9 nitrogen and oxygen atoms in total. The van der Waals surface area contributed by atoms with Crippen LogP contribution < -0.4 is 19.7 Å². The number of rotatable bonds is 6. The Labute approximate surface area is 191 Å². The molecule has 2 aromatic carbocycles. The third-order valence-corrected chi connectivity index (χ3v) is 6.35. The van der Waals surface area contributed by atoms with Crippen molar-refractivity contribution in [2.75, 3.05) is 38.8 Å². The summed E-state index contributed by atoms with van der Waals surface area (Å²) in [6.45, 7) is 0.900. The quantitative estimate of drug-likeness (QED) is 0.723. The van der Waals surface area contributed by atoms with Crippen LogP contribution in [0.1, 0.15) is 45.3 Å². The lowest BCUT2D eigenvalue weighted by molar-refractivity contribution is -0.122. The Morgan fingerprint density at radius 2 is 1.94 bits per heavy atom. The zero-order valence-corrected chi connectivity index (χ0v) is 18.5. The van der Waals surface area contributed by atoms with Crippen LogP contribution in [0.3, 0.4) is 0 Å². The molecule has 0 spiro atoms. The number of nitrogens with one attached hydrogen (secondary N) is 1. The van der Waals surface area contributed by atoms with Crippen molar-refractivity contribution in [1.29, 1.82) is 0 Å². The van der Waals surface area contributed by atoms with E-state index in [9.17, 15) is 14.4 Å². The normalized spacial score (nSPS) is 20.9. The van der Waals surface area contributed by atoms with E-state index in [1.807, 2.05) is 0 Å². The van der Waals surface area contributed by atoms with Crippen LogP contribution in [0.25, 0.3) is 0 Å². The summed E-state index contributed by atoms with van der Waals surface area (Å²) in [4.78, 5) is 42.9. The van der Waals surface area contributed by atoms with Gasteiger partial charge in [-0.25, -0.2) is 0 Å². The van der Waals surface area contributed by atoms with Crippen molar-refractivity contribution >= 4 is 23.4 Å². The minimum atomic E-state index is -0.761. The van der Waals surface area contributed by atoms with Crippen LogP contribution in [-0.4, -0.2) is 62.6 Å². The van der Waals surface area contributed by atoms with E-state index in [2.05, 4.69) is 5.32 Å². The van der Waals surface area contributed by atoms with E-state index in [0.29, 0.717) is 47.0 Å². The summed E-state index contributed by atoms with van der Waals surface area (Å²) < 4.78 is 16.5. The van der Waals surface area contributed by atoms with Gasteiger partial charge in [0.05, 0.1) is 37.1 Å². The maximum atomic E-state index is 13.6. The molecule has 2 atom stereocenters. The molecule has 1 N–H and O–H groups in total. The minimum Gasteiger partial charge on any atom is -0.493 e. The number of anilines is 1. The Morgan fingerprint density at radius 1 is 1.12 bits per heavy atom. The van der Waals surface area contributed by atoms with E-state index in [0.717, 1.165) is 12.8 Å². The minimum absolute atomic E-state index is 0.00579. The molecule has 3 aliphatic heterocycles. The largest absolute Gasteiger partial charge is 0.493 e. The monoisotopic (exact) mass is 451 g/mol. The lowest BCUT2D eigenvalue weighted by Gasteiger charge is -2.40. The summed E-state index contributed by atoms with van der Waals surface area (Å²) in [7, 11) is 2.97. The Kier molecular flexibility index (Phi) is 5.41. The van der Waals surface area contributed by atoms with Gasteiger partial charge in [-0.05, 0) is 31.0 Å². The Hall–Kier alpha value is -3.59. The number of hydrogen-bond acceptors (Lipinski definition) is 6. The van der Waals surface area contributed by atoms with Gasteiger partial charge in [-0.3, -0.25) is 19.3 Å². The number of amides is 3. The van der Waals surface area contributed by atoms with Gasteiger partial charge in [0.1, 0.15) is 12.7 Å². The molecular formula is C24H25N3O6. The molecule has 0 aliphatic carbocycles. The summed E-state index contributed by atoms with van der Waals surface area (Å²) in [6, 6.07) is 10.4. The topological polar surface area (TPSA) is 97.4 Å². The van der Waals surface area contributed by atoms with Crippen LogP contribution in [0.15, 0.2) is 36.4 Å². The molecule has 0 bridgehead atoms. The molecule has 1 saturated heterocycles. The number of carbonyl (C=O) groups is 3. The van der Waals surface area contributed by atoms with Gasteiger partial charge < -0.3 is 24.4 Å². The van der Waals surface area contributed by atoms with Crippen molar-refractivity contribution in [3.63, 3.8) is 0 Å². The number of benzene rings is 2. The average Bonchev–Trinajstić information content (AvgIpc) is 3.46. The fraction of sp³-hybridized carbons (Fsp3) is 0.375. The van der Waals surface area contributed by atoms with Crippen molar-refractivity contribution in [3.05, 3.63) is 53.1 Å². The standard InChI is InChI=1S/C24H25N3O6/c1-31-18-10-9-16-20(21(18)32-2)24(30)27-17-8-4-3-7-15(17)23(29)26(22(16)27)13-19(28)25-12-14-6-5-11-33-14/h3-4,7-10,14,22H,5-6,11-13H2,1-2H3,(H,25,28)/t14-,22+/m1/s1. The molecule has 0 radical (unpaired) electrons. The average molecular weight is 451 g/mol. The zero-order valence-electron chi connectivity index (χ0n) is 18.5. The second-order valence-corrected chi connectivity index (χ2v) is 8.20. The van der Waals surface area contributed by atoms with Crippen molar-refractivity contribution in [3.8, 4) is 11.5 Å². The van der Waals surface area contributed by atoms with E-state index < -0.39 is 6.17 Å². The number of methoxy groups -OCH3 is 2. The zero-order chi connectivity index (χ0) is 23.1. The fourth-order valence-electron chi connectivity index (χ4n) is 4.83.